The number of benzene rings is 2. The van der Waals surface area contributed by atoms with E-state index in [-0.39, 0.29) is 18.2 Å². The number of rotatable bonds is 3. The Hall–Kier alpha value is -3.41. The molecule has 0 saturated heterocycles. The molecule has 26 heavy (non-hydrogen) atoms. The van der Waals surface area contributed by atoms with Crippen molar-refractivity contribution in [2.45, 2.75) is 19.3 Å². The molecule has 4 rings (SSSR count). The zero-order valence-corrected chi connectivity index (χ0v) is 14.3. The minimum atomic E-state index is -0.573. The lowest BCUT2D eigenvalue weighted by molar-refractivity contribution is -0.123. The Balaban J connectivity index is 1.73. The lowest BCUT2D eigenvalue weighted by Gasteiger charge is -2.23. The standard InChI is InChI=1S/C20H18N4O2/c1-13-18-16(20(26)21-14-8-4-2-5-9-14)12-17(25)22-19(18)24(23-13)15-10-6-3-7-11-15/h2-11,16H,12H2,1H3,(H,21,26)(H,22,25). The number of carbonyl (C=O) groups is 2. The van der Waals surface area contributed by atoms with Crippen LogP contribution in [-0.4, -0.2) is 21.6 Å². The number of para-hydroxylation sites is 2. The first-order valence-electron chi connectivity index (χ1n) is 8.44. The average molecular weight is 346 g/mol. The first-order chi connectivity index (χ1) is 12.6. The highest BCUT2D eigenvalue weighted by Crippen LogP contribution is 2.36. The van der Waals surface area contributed by atoms with E-state index in [9.17, 15) is 9.59 Å². The van der Waals surface area contributed by atoms with E-state index < -0.39 is 5.92 Å². The minimum Gasteiger partial charge on any atom is -0.326 e. The molecule has 1 aliphatic rings. The van der Waals surface area contributed by atoms with Gasteiger partial charge in [0.25, 0.3) is 0 Å². The monoisotopic (exact) mass is 346 g/mol. The maximum absolute atomic E-state index is 12.8. The minimum absolute atomic E-state index is 0.104. The number of carbonyl (C=O) groups excluding carboxylic acids is 2. The molecule has 1 aliphatic heterocycles. The molecule has 1 aromatic heterocycles. The molecule has 2 amide bonds. The SMILES string of the molecule is Cc1nn(-c2ccccc2)c2c1C(C(=O)Nc1ccccc1)CC(=O)N2. The molecule has 1 unspecified atom stereocenters. The van der Waals surface area contributed by atoms with E-state index in [4.69, 9.17) is 0 Å². The topological polar surface area (TPSA) is 76.0 Å². The van der Waals surface area contributed by atoms with E-state index in [1.165, 1.54) is 0 Å². The van der Waals surface area contributed by atoms with Gasteiger partial charge in [0, 0.05) is 17.7 Å². The van der Waals surface area contributed by atoms with Crippen molar-refractivity contribution in [3.05, 3.63) is 71.9 Å². The van der Waals surface area contributed by atoms with Crippen LogP contribution in [0.2, 0.25) is 0 Å². The fourth-order valence-electron chi connectivity index (χ4n) is 3.28. The van der Waals surface area contributed by atoms with Crippen LogP contribution in [0.1, 0.15) is 23.6 Å². The molecule has 2 aromatic carbocycles. The molecule has 0 bridgehead atoms. The van der Waals surface area contributed by atoms with Gasteiger partial charge in [-0.1, -0.05) is 36.4 Å². The van der Waals surface area contributed by atoms with Gasteiger partial charge in [-0.3, -0.25) is 9.59 Å². The number of hydrogen-bond donors (Lipinski definition) is 2. The molecule has 130 valence electrons. The predicted molar refractivity (Wildman–Crippen MR) is 99.4 cm³/mol. The largest absolute Gasteiger partial charge is 0.326 e. The van der Waals surface area contributed by atoms with E-state index in [0.29, 0.717) is 11.5 Å². The molecule has 0 fully saturated rings. The Labute approximate surface area is 150 Å². The summed E-state index contributed by atoms with van der Waals surface area (Å²) < 4.78 is 1.69. The van der Waals surface area contributed by atoms with E-state index >= 15 is 0 Å². The Morgan fingerprint density at radius 3 is 2.46 bits per heavy atom. The van der Waals surface area contributed by atoms with Crippen molar-refractivity contribution in [2.24, 2.45) is 0 Å². The molecular weight excluding hydrogens is 328 g/mol. The lowest BCUT2D eigenvalue weighted by Crippen LogP contribution is -2.31. The fourth-order valence-corrected chi connectivity index (χ4v) is 3.28. The molecule has 3 aromatic rings. The molecular formula is C20H18N4O2. The van der Waals surface area contributed by atoms with Crippen molar-refractivity contribution in [1.82, 2.24) is 9.78 Å². The number of amides is 2. The Kier molecular flexibility index (Phi) is 4.01. The molecule has 0 aliphatic carbocycles. The van der Waals surface area contributed by atoms with Gasteiger partial charge in [-0.25, -0.2) is 4.68 Å². The number of fused-ring (bicyclic) bond motifs is 1. The number of anilines is 2. The third kappa shape index (κ3) is 2.86. The Morgan fingerprint density at radius 1 is 1.12 bits per heavy atom. The normalized spacial score (nSPS) is 15.9. The van der Waals surface area contributed by atoms with E-state index in [2.05, 4.69) is 15.7 Å². The number of nitrogens with one attached hydrogen (secondary N) is 2. The second-order valence-electron chi connectivity index (χ2n) is 6.26. The zero-order chi connectivity index (χ0) is 18.1. The first-order valence-corrected chi connectivity index (χ1v) is 8.44. The van der Waals surface area contributed by atoms with Crippen molar-refractivity contribution < 1.29 is 9.59 Å². The molecule has 0 radical (unpaired) electrons. The summed E-state index contributed by atoms with van der Waals surface area (Å²) >= 11 is 0. The van der Waals surface area contributed by atoms with Crippen LogP contribution in [0.15, 0.2) is 60.7 Å². The van der Waals surface area contributed by atoms with Gasteiger partial charge < -0.3 is 10.6 Å². The third-order valence-electron chi connectivity index (χ3n) is 4.46. The highest BCUT2D eigenvalue weighted by Gasteiger charge is 2.36. The van der Waals surface area contributed by atoms with Crippen LogP contribution in [0.25, 0.3) is 5.69 Å². The second-order valence-corrected chi connectivity index (χ2v) is 6.26. The van der Waals surface area contributed by atoms with E-state index in [0.717, 1.165) is 16.9 Å². The van der Waals surface area contributed by atoms with Crippen LogP contribution < -0.4 is 10.6 Å². The highest BCUT2D eigenvalue weighted by atomic mass is 16.2. The Morgan fingerprint density at radius 2 is 1.77 bits per heavy atom. The summed E-state index contributed by atoms with van der Waals surface area (Å²) in [5.74, 6) is -0.402. The van der Waals surface area contributed by atoms with Gasteiger partial charge in [-0.2, -0.15) is 5.10 Å². The molecule has 2 heterocycles. The molecule has 0 spiro atoms. The van der Waals surface area contributed by atoms with E-state index in [1.54, 1.807) is 4.68 Å². The van der Waals surface area contributed by atoms with Crippen molar-refractivity contribution in [3.8, 4) is 5.69 Å². The van der Waals surface area contributed by atoms with Crippen LogP contribution in [0.3, 0.4) is 0 Å². The first kappa shape index (κ1) is 16.1. The van der Waals surface area contributed by atoms with Gasteiger partial charge in [-0.05, 0) is 31.2 Å². The third-order valence-corrected chi connectivity index (χ3v) is 4.46. The van der Waals surface area contributed by atoms with Crippen LogP contribution in [0.5, 0.6) is 0 Å². The summed E-state index contributed by atoms with van der Waals surface area (Å²) in [6.45, 7) is 1.86. The summed E-state index contributed by atoms with van der Waals surface area (Å²) in [5, 5.41) is 10.3. The molecule has 1 atom stereocenters. The fraction of sp³-hybridized carbons (Fsp3) is 0.150. The van der Waals surface area contributed by atoms with Gasteiger partial charge in [0.05, 0.1) is 17.3 Å². The van der Waals surface area contributed by atoms with Gasteiger partial charge in [-0.15, -0.1) is 0 Å². The smallest absolute Gasteiger partial charge is 0.232 e. The quantitative estimate of drug-likeness (QED) is 0.764. The van der Waals surface area contributed by atoms with Crippen LogP contribution in [0.4, 0.5) is 11.5 Å². The average Bonchev–Trinajstić information content (AvgIpc) is 2.99. The molecule has 6 heteroatoms. The lowest BCUT2D eigenvalue weighted by atomic mass is 9.91. The van der Waals surface area contributed by atoms with Crippen molar-refractivity contribution in [2.75, 3.05) is 10.6 Å². The summed E-state index contributed by atoms with van der Waals surface area (Å²) in [5.41, 5.74) is 3.04. The van der Waals surface area contributed by atoms with Gasteiger partial charge >= 0.3 is 0 Å². The number of nitrogens with zero attached hydrogens (tertiary/aromatic N) is 2. The molecule has 6 nitrogen and oxygen atoms in total. The van der Waals surface area contributed by atoms with Crippen LogP contribution >= 0.6 is 0 Å². The molecule has 2 N–H and O–H groups in total. The maximum Gasteiger partial charge on any atom is 0.232 e. The van der Waals surface area contributed by atoms with Gasteiger partial charge in [0.1, 0.15) is 5.82 Å². The van der Waals surface area contributed by atoms with Crippen LogP contribution in [-0.2, 0) is 9.59 Å². The van der Waals surface area contributed by atoms with Crippen molar-refractivity contribution in [1.29, 1.82) is 0 Å². The summed E-state index contributed by atoms with van der Waals surface area (Å²) in [6.07, 6.45) is 0.104. The summed E-state index contributed by atoms with van der Waals surface area (Å²) in [4.78, 5) is 25.1. The Bertz CT molecular complexity index is 964. The van der Waals surface area contributed by atoms with Gasteiger partial charge in [0.15, 0.2) is 0 Å². The van der Waals surface area contributed by atoms with Gasteiger partial charge in [0.2, 0.25) is 11.8 Å². The summed E-state index contributed by atoms with van der Waals surface area (Å²) in [7, 11) is 0. The molecule has 0 saturated carbocycles. The summed E-state index contributed by atoms with van der Waals surface area (Å²) in [6, 6.07) is 18.8. The van der Waals surface area contributed by atoms with Crippen molar-refractivity contribution in [3.63, 3.8) is 0 Å². The maximum atomic E-state index is 12.8. The number of aromatic nitrogens is 2. The van der Waals surface area contributed by atoms with E-state index in [1.807, 2.05) is 67.6 Å². The van der Waals surface area contributed by atoms with Crippen LogP contribution in [0, 0.1) is 6.92 Å². The predicted octanol–water partition coefficient (Wildman–Crippen LogP) is 3.25. The second kappa shape index (κ2) is 6.48. The number of hydrogen-bond acceptors (Lipinski definition) is 3. The van der Waals surface area contributed by atoms with Crippen molar-refractivity contribution >= 4 is 23.3 Å². The number of aryl methyl sites for hydroxylation is 1. The zero-order valence-electron chi connectivity index (χ0n) is 14.3. The highest BCUT2D eigenvalue weighted by molar-refractivity contribution is 6.05.